The zero-order valence-corrected chi connectivity index (χ0v) is 10.0. The van der Waals surface area contributed by atoms with Crippen LogP contribution in [-0.4, -0.2) is 20.0 Å². The first-order valence-electron chi connectivity index (χ1n) is 6.10. The average molecular weight is 238 g/mol. The molecule has 2 heterocycles. The number of pyridine rings is 1. The molecule has 18 heavy (non-hydrogen) atoms. The topological polar surface area (TPSA) is 43.6 Å². The molecule has 3 rings (SSSR count). The van der Waals surface area contributed by atoms with Gasteiger partial charge in [0.25, 0.3) is 0 Å². The van der Waals surface area contributed by atoms with Crippen LogP contribution in [0.2, 0.25) is 0 Å². The number of aromatic nitrogens is 4. The van der Waals surface area contributed by atoms with Gasteiger partial charge in [-0.25, -0.2) is 4.68 Å². The van der Waals surface area contributed by atoms with Crippen molar-refractivity contribution in [3.63, 3.8) is 0 Å². The van der Waals surface area contributed by atoms with Crippen molar-refractivity contribution >= 4 is 11.0 Å². The first-order chi connectivity index (χ1) is 8.93. The minimum atomic E-state index is 0.884. The van der Waals surface area contributed by atoms with Crippen LogP contribution in [0.15, 0.2) is 48.8 Å². The molecule has 0 unspecified atom stereocenters. The first-order valence-corrected chi connectivity index (χ1v) is 6.10. The molecule has 90 valence electrons. The van der Waals surface area contributed by atoms with Crippen LogP contribution in [0.3, 0.4) is 0 Å². The van der Waals surface area contributed by atoms with E-state index in [1.54, 1.807) is 6.20 Å². The van der Waals surface area contributed by atoms with Crippen molar-refractivity contribution in [2.24, 2.45) is 0 Å². The van der Waals surface area contributed by atoms with Crippen LogP contribution >= 0.6 is 0 Å². The summed E-state index contributed by atoms with van der Waals surface area (Å²) in [5, 5.41) is 8.32. The zero-order valence-electron chi connectivity index (χ0n) is 10.0. The van der Waals surface area contributed by atoms with Gasteiger partial charge >= 0.3 is 0 Å². The molecule has 0 bridgehead atoms. The highest BCUT2D eigenvalue weighted by Crippen LogP contribution is 2.11. The number of benzene rings is 1. The van der Waals surface area contributed by atoms with Crippen molar-refractivity contribution in [3.8, 4) is 0 Å². The maximum atomic E-state index is 4.18. The number of nitrogens with zero attached hydrogens (tertiary/aromatic N) is 4. The van der Waals surface area contributed by atoms with E-state index < -0.39 is 0 Å². The molecular formula is C14H14N4. The molecule has 2 aromatic heterocycles. The average Bonchev–Trinajstić information content (AvgIpc) is 2.84. The van der Waals surface area contributed by atoms with Crippen molar-refractivity contribution in [2.45, 2.75) is 19.4 Å². The Balaban J connectivity index is 1.67. The lowest BCUT2D eigenvalue weighted by molar-refractivity contribution is 0.573. The lowest BCUT2D eigenvalue weighted by Gasteiger charge is -2.02. The van der Waals surface area contributed by atoms with Crippen LogP contribution in [-0.2, 0) is 13.0 Å². The Labute approximate surface area is 105 Å². The monoisotopic (exact) mass is 238 g/mol. The summed E-state index contributed by atoms with van der Waals surface area (Å²) in [5.41, 5.74) is 3.32. The fraction of sp³-hybridized carbons (Fsp3) is 0.214. The van der Waals surface area contributed by atoms with Gasteiger partial charge in [-0.2, -0.15) is 0 Å². The number of rotatable bonds is 4. The van der Waals surface area contributed by atoms with E-state index in [1.807, 2.05) is 35.1 Å². The number of fused-ring (bicyclic) bond motifs is 1. The second-order valence-electron chi connectivity index (χ2n) is 4.27. The van der Waals surface area contributed by atoms with Crippen molar-refractivity contribution < 1.29 is 0 Å². The van der Waals surface area contributed by atoms with Crippen molar-refractivity contribution in [1.82, 2.24) is 20.0 Å². The van der Waals surface area contributed by atoms with Crippen molar-refractivity contribution in [2.75, 3.05) is 0 Å². The third-order valence-electron chi connectivity index (χ3n) is 2.98. The molecule has 0 radical (unpaired) electrons. The Morgan fingerprint density at radius 2 is 2.00 bits per heavy atom. The van der Waals surface area contributed by atoms with E-state index in [0.717, 1.165) is 30.4 Å². The molecule has 0 aliphatic carbocycles. The van der Waals surface area contributed by atoms with Crippen molar-refractivity contribution in [1.29, 1.82) is 0 Å². The molecule has 1 aromatic carbocycles. The van der Waals surface area contributed by atoms with Crippen LogP contribution in [0.1, 0.15) is 12.0 Å². The minimum absolute atomic E-state index is 0.884. The zero-order chi connectivity index (χ0) is 12.2. The maximum Gasteiger partial charge on any atom is 0.113 e. The Kier molecular flexibility index (Phi) is 3.00. The molecule has 4 heteroatoms. The maximum absolute atomic E-state index is 4.18. The van der Waals surface area contributed by atoms with Gasteiger partial charge in [-0.05, 0) is 36.6 Å². The van der Waals surface area contributed by atoms with Crippen LogP contribution in [0.5, 0.6) is 0 Å². The Bertz CT molecular complexity index is 630. The Morgan fingerprint density at radius 1 is 1.06 bits per heavy atom. The number of hydrogen-bond acceptors (Lipinski definition) is 3. The van der Waals surface area contributed by atoms with Crippen LogP contribution in [0.25, 0.3) is 11.0 Å². The summed E-state index contributed by atoms with van der Waals surface area (Å²) in [6.07, 6.45) is 5.77. The largest absolute Gasteiger partial charge is 0.264 e. The quantitative estimate of drug-likeness (QED) is 0.701. The van der Waals surface area contributed by atoms with E-state index >= 15 is 0 Å². The molecule has 0 saturated carbocycles. The van der Waals surface area contributed by atoms with Gasteiger partial charge in [-0.3, -0.25) is 4.98 Å². The van der Waals surface area contributed by atoms with Gasteiger partial charge in [0.05, 0.1) is 5.52 Å². The van der Waals surface area contributed by atoms with Gasteiger partial charge < -0.3 is 0 Å². The molecule has 0 aliphatic heterocycles. The summed E-state index contributed by atoms with van der Waals surface area (Å²) in [6, 6.07) is 12.1. The Hall–Kier alpha value is -2.23. The summed E-state index contributed by atoms with van der Waals surface area (Å²) in [4.78, 5) is 4.12. The molecule has 0 amide bonds. The summed E-state index contributed by atoms with van der Waals surface area (Å²) >= 11 is 0. The SMILES string of the molecule is c1cncc(CCCn2nnc3ccccc32)c1. The lowest BCUT2D eigenvalue weighted by Crippen LogP contribution is -2.01. The summed E-state index contributed by atoms with van der Waals surface area (Å²) in [7, 11) is 0. The number of hydrogen-bond donors (Lipinski definition) is 0. The fourth-order valence-electron chi connectivity index (χ4n) is 2.06. The highest BCUT2D eigenvalue weighted by atomic mass is 15.4. The predicted molar refractivity (Wildman–Crippen MR) is 70.1 cm³/mol. The highest BCUT2D eigenvalue weighted by molar-refractivity contribution is 5.73. The van der Waals surface area contributed by atoms with E-state index in [2.05, 4.69) is 27.4 Å². The number of para-hydroxylation sites is 1. The van der Waals surface area contributed by atoms with Gasteiger partial charge in [-0.15, -0.1) is 5.10 Å². The van der Waals surface area contributed by atoms with Gasteiger partial charge in [0, 0.05) is 18.9 Å². The number of aryl methyl sites for hydroxylation is 2. The summed E-state index contributed by atoms with van der Waals surface area (Å²) in [6.45, 7) is 0.884. The molecular weight excluding hydrogens is 224 g/mol. The molecule has 0 aliphatic rings. The van der Waals surface area contributed by atoms with E-state index in [0.29, 0.717) is 0 Å². The molecule has 0 N–H and O–H groups in total. The van der Waals surface area contributed by atoms with Crippen LogP contribution in [0, 0.1) is 0 Å². The van der Waals surface area contributed by atoms with Gasteiger partial charge in [0.15, 0.2) is 0 Å². The van der Waals surface area contributed by atoms with Crippen LogP contribution in [0.4, 0.5) is 0 Å². The molecule has 4 nitrogen and oxygen atoms in total. The van der Waals surface area contributed by atoms with Crippen molar-refractivity contribution in [3.05, 3.63) is 54.4 Å². The molecule has 0 fully saturated rings. The standard InChI is InChI=1S/C14H14N4/c1-2-8-14-13(7-1)16-17-18(14)10-4-6-12-5-3-9-15-11-12/h1-3,5,7-9,11H,4,6,10H2. The third-order valence-corrected chi connectivity index (χ3v) is 2.98. The normalized spacial score (nSPS) is 10.9. The van der Waals surface area contributed by atoms with E-state index in [4.69, 9.17) is 0 Å². The van der Waals surface area contributed by atoms with E-state index in [9.17, 15) is 0 Å². The summed E-state index contributed by atoms with van der Waals surface area (Å²) < 4.78 is 1.96. The molecule has 0 atom stereocenters. The van der Waals surface area contributed by atoms with Gasteiger partial charge in [-0.1, -0.05) is 23.4 Å². The van der Waals surface area contributed by atoms with E-state index in [-0.39, 0.29) is 0 Å². The fourth-order valence-corrected chi connectivity index (χ4v) is 2.06. The van der Waals surface area contributed by atoms with Crippen LogP contribution < -0.4 is 0 Å². The lowest BCUT2D eigenvalue weighted by atomic mass is 10.1. The molecule has 0 saturated heterocycles. The van der Waals surface area contributed by atoms with Gasteiger partial charge in [0.1, 0.15) is 5.52 Å². The molecule has 0 spiro atoms. The Morgan fingerprint density at radius 3 is 2.89 bits per heavy atom. The third kappa shape index (κ3) is 2.22. The minimum Gasteiger partial charge on any atom is -0.264 e. The summed E-state index contributed by atoms with van der Waals surface area (Å²) in [5.74, 6) is 0. The second-order valence-corrected chi connectivity index (χ2v) is 4.27. The van der Waals surface area contributed by atoms with E-state index in [1.165, 1.54) is 5.56 Å². The van der Waals surface area contributed by atoms with Gasteiger partial charge in [0.2, 0.25) is 0 Å². The first kappa shape index (κ1) is 10.9. The second kappa shape index (κ2) is 4.96. The predicted octanol–water partition coefficient (Wildman–Crippen LogP) is 2.46. The smallest absolute Gasteiger partial charge is 0.113 e. The highest BCUT2D eigenvalue weighted by Gasteiger charge is 2.02. The molecule has 3 aromatic rings.